The topological polar surface area (TPSA) is 58.4 Å². The molecule has 4 rings (SSSR count). The Morgan fingerprint density at radius 2 is 1.93 bits per heavy atom. The van der Waals surface area contributed by atoms with Gasteiger partial charge in [-0.1, -0.05) is 44.2 Å². The van der Waals surface area contributed by atoms with Crippen molar-refractivity contribution in [2.75, 3.05) is 13.1 Å². The van der Waals surface area contributed by atoms with Gasteiger partial charge in [-0.2, -0.15) is 5.10 Å². The average molecular weight is 412 g/mol. The minimum absolute atomic E-state index is 0.106. The third-order valence-electron chi connectivity index (χ3n) is 5.77. The van der Waals surface area contributed by atoms with Gasteiger partial charge in [-0.15, -0.1) is 11.3 Å². The molecule has 1 aliphatic rings. The van der Waals surface area contributed by atoms with Crippen LogP contribution in [0.3, 0.4) is 0 Å². The number of amides is 1. The molecule has 6 heteroatoms. The lowest BCUT2D eigenvalue weighted by Gasteiger charge is -2.34. The summed E-state index contributed by atoms with van der Waals surface area (Å²) in [6.45, 7) is 8.61. The first kappa shape index (κ1) is 20.1. The zero-order valence-corrected chi connectivity index (χ0v) is 18.2. The summed E-state index contributed by atoms with van der Waals surface area (Å²) in [5.74, 6) is 0.814. The molecule has 3 aromatic rings. The standard InChI is InChI=1S/C23H29N3O2S/c1-15(2)14-26-23-19(16(3)24-26)13-20(29-23)22(28)25-11-9-18(10-12-25)21(27)17-7-5-4-6-8-17/h4-8,13,15,18,21,27H,9-12,14H2,1-3H3. The van der Waals surface area contributed by atoms with Gasteiger partial charge in [-0.05, 0) is 43.2 Å². The number of fused-ring (bicyclic) bond motifs is 1. The van der Waals surface area contributed by atoms with Crippen LogP contribution in [-0.4, -0.2) is 38.8 Å². The van der Waals surface area contributed by atoms with Crippen LogP contribution in [0.25, 0.3) is 10.2 Å². The van der Waals surface area contributed by atoms with E-state index in [2.05, 4.69) is 18.9 Å². The first-order valence-corrected chi connectivity index (χ1v) is 11.2. The molecule has 5 nitrogen and oxygen atoms in total. The van der Waals surface area contributed by atoms with Crippen molar-refractivity contribution in [2.45, 2.75) is 46.3 Å². The normalized spacial score (nSPS) is 16.7. The lowest BCUT2D eigenvalue weighted by atomic mass is 9.87. The summed E-state index contributed by atoms with van der Waals surface area (Å²) >= 11 is 1.55. The molecule has 3 heterocycles. The number of aliphatic hydroxyl groups excluding tert-OH is 1. The molecule has 1 fully saturated rings. The quantitative estimate of drug-likeness (QED) is 0.665. The van der Waals surface area contributed by atoms with Crippen molar-refractivity contribution in [1.29, 1.82) is 0 Å². The number of carbonyl (C=O) groups excluding carboxylic acids is 1. The number of piperidine rings is 1. The fraction of sp³-hybridized carbons (Fsp3) is 0.478. The number of carbonyl (C=O) groups is 1. The van der Waals surface area contributed by atoms with Gasteiger partial charge >= 0.3 is 0 Å². The molecule has 1 amide bonds. The number of likely N-dealkylation sites (tertiary alicyclic amines) is 1. The molecular formula is C23H29N3O2S. The van der Waals surface area contributed by atoms with Crippen molar-refractivity contribution in [2.24, 2.45) is 11.8 Å². The highest BCUT2D eigenvalue weighted by molar-refractivity contribution is 7.20. The van der Waals surface area contributed by atoms with Crippen LogP contribution in [0.1, 0.15) is 53.7 Å². The summed E-state index contributed by atoms with van der Waals surface area (Å²) in [6.07, 6.45) is 1.20. The molecule has 0 aliphatic carbocycles. The summed E-state index contributed by atoms with van der Waals surface area (Å²) in [7, 11) is 0. The van der Waals surface area contributed by atoms with Crippen LogP contribution in [0, 0.1) is 18.8 Å². The second kappa shape index (κ2) is 8.28. The molecule has 0 saturated carbocycles. The van der Waals surface area contributed by atoms with E-state index in [4.69, 9.17) is 0 Å². The summed E-state index contributed by atoms with van der Waals surface area (Å²) in [4.78, 5) is 16.9. The molecule has 0 spiro atoms. The van der Waals surface area contributed by atoms with E-state index in [9.17, 15) is 9.90 Å². The summed E-state index contributed by atoms with van der Waals surface area (Å²) in [5.41, 5.74) is 1.95. The molecule has 2 aromatic heterocycles. The summed E-state index contributed by atoms with van der Waals surface area (Å²) < 4.78 is 2.04. The van der Waals surface area contributed by atoms with Gasteiger partial charge in [-0.3, -0.25) is 9.48 Å². The van der Waals surface area contributed by atoms with E-state index in [1.54, 1.807) is 11.3 Å². The smallest absolute Gasteiger partial charge is 0.264 e. The molecular weight excluding hydrogens is 382 g/mol. The maximum atomic E-state index is 13.1. The molecule has 29 heavy (non-hydrogen) atoms. The molecule has 1 aromatic carbocycles. The van der Waals surface area contributed by atoms with E-state index in [-0.39, 0.29) is 11.8 Å². The summed E-state index contributed by atoms with van der Waals surface area (Å²) in [5, 5.41) is 16.4. The average Bonchev–Trinajstić information content (AvgIpc) is 3.29. The van der Waals surface area contributed by atoms with Crippen molar-refractivity contribution in [3.8, 4) is 0 Å². The molecule has 154 valence electrons. The van der Waals surface area contributed by atoms with E-state index >= 15 is 0 Å². The highest BCUT2D eigenvalue weighted by atomic mass is 32.1. The molecule has 1 atom stereocenters. The fourth-order valence-corrected chi connectivity index (χ4v) is 5.32. The number of aryl methyl sites for hydroxylation is 1. The van der Waals surface area contributed by atoms with Crippen LogP contribution >= 0.6 is 11.3 Å². The van der Waals surface area contributed by atoms with E-state index in [1.807, 2.05) is 52.9 Å². The second-order valence-electron chi connectivity index (χ2n) is 8.48. The van der Waals surface area contributed by atoms with Gasteiger partial charge < -0.3 is 10.0 Å². The first-order valence-electron chi connectivity index (χ1n) is 10.4. The number of benzene rings is 1. The van der Waals surface area contributed by atoms with Gasteiger partial charge in [0.15, 0.2) is 0 Å². The second-order valence-corrected chi connectivity index (χ2v) is 9.51. The van der Waals surface area contributed by atoms with Crippen molar-refractivity contribution < 1.29 is 9.90 Å². The zero-order valence-electron chi connectivity index (χ0n) is 17.3. The Bertz CT molecular complexity index is 984. The van der Waals surface area contributed by atoms with Crippen molar-refractivity contribution >= 4 is 27.5 Å². The van der Waals surface area contributed by atoms with Gasteiger partial charge in [0, 0.05) is 25.0 Å². The summed E-state index contributed by atoms with van der Waals surface area (Å²) in [6, 6.07) is 11.8. The lowest BCUT2D eigenvalue weighted by molar-refractivity contribution is 0.0465. The minimum atomic E-state index is -0.456. The molecule has 0 bridgehead atoms. The highest BCUT2D eigenvalue weighted by Crippen LogP contribution is 2.33. The molecule has 1 saturated heterocycles. The van der Waals surface area contributed by atoms with Crippen LogP contribution in [0.2, 0.25) is 0 Å². The Kier molecular flexibility index (Phi) is 5.74. The monoisotopic (exact) mass is 411 g/mol. The third-order valence-corrected chi connectivity index (χ3v) is 6.91. The highest BCUT2D eigenvalue weighted by Gasteiger charge is 2.29. The Morgan fingerprint density at radius 3 is 2.59 bits per heavy atom. The first-order chi connectivity index (χ1) is 13.9. The van der Waals surface area contributed by atoms with Gasteiger partial charge in [0.05, 0.1) is 16.7 Å². The fourth-order valence-electron chi connectivity index (χ4n) is 4.18. The van der Waals surface area contributed by atoms with Gasteiger partial charge in [0.2, 0.25) is 0 Å². The van der Waals surface area contributed by atoms with Crippen LogP contribution in [0.4, 0.5) is 0 Å². The number of hydrogen-bond acceptors (Lipinski definition) is 4. The molecule has 1 unspecified atom stereocenters. The van der Waals surface area contributed by atoms with Crippen molar-refractivity contribution in [3.05, 3.63) is 52.5 Å². The van der Waals surface area contributed by atoms with Crippen LogP contribution in [0.15, 0.2) is 36.4 Å². The predicted octanol–water partition coefficient (Wildman–Crippen LogP) is 4.65. The Labute approximate surface area is 176 Å². The minimum Gasteiger partial charge on any atom is -0.388 e. The van der Waals surface area contributed by atoms with Gasteiger partial charge in [-0.25, -0.2) is 0 Å². The maximum absolute atomic E-state index is 13.1. The van der Waals surface area contributed by atoms with Crippen molar-refractivity contribution in [3.63, 3.8) is 0 Å². The van der Waals surface area contributed by atoms with E-state index < -0.39 is 6.10 Å². The zero-order chi connectivity index (χ0) is 20.5. The lowest BCUT2D eigenvalue weighted by Crippen LogP contribution is -2.39. The number of nitrogens with zero attached hydrogens (tertiary/aromatic N) is 3. The van der Waals surface area contributed by atoms with Crippen LogP contribution < -0.4 is 0 Å². The Morgan fingerprint density at radius 1 is 1.24 bits per heavy atom. The van der Waals surface area contributed by atoms with E-state index in [0.29, 0.717) is 19.0 Å². The van der Waals surface area contributed by atoms with Gasteiger partial charge in [0.25, 0.3) is 5.91 Å². The Hall–Kier alpha value is -2.18. The molecule has 1 N–H and O–H groups in total. The number of aliphatic hydroxyl groups is 1. The van der Waals surface area contributed by atoms with Crippen LogP contribution in [0.5, 0.6) is 0 Å². The number of aromatic nitrogens is 2. The Balaban J connectivity index is 1.44. The third kappa shape index (κ3) is 4.09. The number of thiophene rings is 1. The maximum Gasteiger partial charge on any atom is 0.264 e. The predicted molar refractivity (Wildman–Crippen MR) is 117 cm³/mol. The molecule has 0 radical (unpaired) electrons. The SMILES string of the molecule is Cc1nn(CC(C)C)c2sc(C(=O)N3CCC(C(O)c4ccccc4)CC3)cc12. The van der Waals surface area contributed by atoms with Crippen molar-refractivity contribution in [1.82, 2.24) is 14.7 Å². The number of hydrogen-bond donors (Lipinski definition) is 1. The van der Waals surface area contributed by atoms with Gasteiger partial charge in [0.1, 0.15) is 4.83 Å². The van der Waals surface area contributed by atoms with E-state index in [1.165, 1.54) is 0 Å². The molecule has 1 aliphatic heterocycles. The van der Waals surface area contributed by atoms with E-state index in [0.717, 1.165) is 45.7 Å². The van der Waals surface area contributed by atoms with Crippen LogP contribution in [-0.2, 0) is 6.54 Å². The largest absolute Gasteiger partial charge is 0.388 e. The number of rotatable bonds is 5.